The van der Waals surface area contributed by atoms with Crippen LogP contribution in [0.1, 0.15) is 44.6 Å². The second kappa shape index (κ2) is 7.29. The highest BCUT2D eigenvalue weighted by atomic mass is 16.5. The van der Waals surface area contributed by atoms with E-state index in [0.717, 1.165) is 17.7 Å². The molecule has 22 heavy (non-hydrogen) atoms. The van der Waals surface area contributed by atoms with E-state index in [1.807, 2.05) is 24.3 Å². The molecule has 1 amide bonds. The van der Waals surface area contributed by atoms with E-state index in [4.69, 9.17) is 9.84 Å². The number of amides is 1. The molecule has 5 heteroatoms. The molecule has 1 atom stereocenters. The van der Waals surface area contributed by atoms with Crippen LogP contribution in [0.3, 0.4) is 0 Å². The molecule has 1 N–H and O–H groups in total. The fourth-order valence-electron chi connectivity index (χ4n) is 2.80. The highest BCUT2D eigenvalue weighted by Crippen LogP contribution is 2.26. The molecule has 0 aromatic heterocycles. The van der Waals surface area contributed by atoms with Gasteiger partial charge in [-0.25, -0.2) is 4.79 Å². The molecule has 1 aromatic rings. The fraction of sp³-hybridized carbons (Fsp3) is 0.529. The number of rotatable bonds is 6. The minimum Gasteiger partial charge on any atom is -0.493 e. The van der Waals surface area contributed by atoms with Gasteiger partial charge in [0, 0.05) is 6.54 Å². The van der Waals surface area contributed by atoms with Crippen molar-refractivity contribution >= 4 is 11.9 Å². The molecule has 1 aliphatic heterocycles. The lowest BCUT2D eigenvalue weighted by Crippen LogP contribution is -2.40. The van der Waals surface area contributed by atoms with Crippen LogP contribution in [0.4, 0.5) is 0 Å². The zero-order chi connectivity index (χ0) is 16.1. The number of ether oxygens (including phenoxy) is 1. The number of carbonyl (C=O) groups is 2. The van der Waals surface area contributed by atoms with Crippen LogP contribution in [0.15, 0.2) is 24.3 Å². The Morgan fingerprint density at radius 3 is 2.77 bits per heavy atom. The molecule has 1 fully saturated rings. The summed E-state index contributed by atoms with van der Waals surface area (Å²) >= 11 is 0. The topological polar surface area (TPSA) is 66.8 Å². The second-order valence-electron chi connectivity index (χ2n) is 5.87. The summed E-state index contributed by atoms with van der Waals surface area (Å²) in [6.07, 6.45) is 1.49. The Morgan fingerprint density at radius 2 is 2.09 bits per heavy atom. The maximum Gasteiger partial charge on any atom is 0.326 e. The van der Waals surface area contributed by atoms with Gasteiger partial charge >= 0.3 is 5.97 Å². The van der Waals surface area contributed by atoms with E-state index in [-0.39, 0.29) is 18.9 Å². The molecule has 2 rings (SSSR count). The predicted octanol–water partition coefficient (Wildman–Crippen LogP) is 2.65. The summed E-state index contributed by atoms with van der Waals surface area (Å²) in [6.45, 7) is 4.98. The number of carboxylic acid groups (broad SMARTS) is 1. The van der Waals surface area contributed by atoms with Gasteiger partial charge in [-0.05, 0) is 30.4 Å². The summed E-state index contributed by atoms with van der Waals surface area (Å²) in [5.41, 5.74) is 1.11. The molecule has 0 saturated carbocycles. The molecule has 1 unspecified atom stereocenters. The van der Waals surface area contributed by atoms with E-state index in [0.29, 0.717) is 18.9 Å². The van der Waals surface area contributed by atoms with Gasteiger partial charge in [0.2, 0.25) is 5.91 Å². The van der Waals surface area contributed by atoms with Gasteiger partial charge in [0.05, 0.1) is 13.0 Å². The maximum atomic E-state index is 12.2. The van der Waals surface area contributed by atoms with E-state index < -0.39 is 12.0 Å². The van der Waals surface area contributed by atoms with Crippen LogP contribution in [0.2, 0.25) is 0 Å². The van der Waals surface area contributed by atoms with Crippen LogP contribution < -0.4 is 4.74 Å². The maximum absolute atomic E-state index is 12.2. The molecular formula is C17H23NO4. The molecular weight excluding hydrogens is 282 g/mol. The summed E-state index contributed by atoms with van der Waals surface area (Å²) in [4.78, 5) is 24.7. The van der Waals surface area contributed by atoms with E-state index in [1.54, 1.807) is 0 Å². The first-order valence-electron chi connectivity index (χ1n) is 7.74. The first-order chi connectivity index (χ1) is 10.5. The third-order valence-corrected chi connectivity index (χ3v) is 3.97. The molecule has 1 heterocycles. The van der Waals surface area contributed by atoms with Gasteiger partial charge in [0.25, 0.3) is 0 Å². The number of aliphatic carboxylic acids is 1. The minimum absolute atomic E-state index is 0.146. The summed E-state index contributed by atoms with van der Waals surface area (Å²) in [5, 5.41) is 9.11. The highest BCUT2D eigenvalue weighted by molar-refractivity contribution is 5.84. The Hall–Kier alpha value is -2.04. The Bertz CT molecular complexity index is 541. The number of hydrogen-bond donors (Lipinski definition) is 1. The molecule has 1 saturated heterocycles. The summed E-state index contributed by atoms with van der Waals surface area (Å²) in [7, 11) is 0. The monoisotopic (exact) mass is 305 g/mol. The first-order valence-corrected chi connectivity index (χ1v) is 7.74. The SMILES string of the molecule is CC(C)c1ccccc1OCCC(=O)N1CCCC1C(=O)O. The fourth-order valence-corrected chi connectivity index (χ4v) is 2.80. The van der Waals surface area contributed by atoms with Crippen LogP contribution in [0, 0.1) is 0 Å². The van der Waals surface area contributed by atoms with Crippen molar-refractivity contribution in [1.29, 1.82) is 0 Å². The lowest BCUT2D eigenvalue weighted by atomic mass is 10.0. The summed E-state index contributed by atoms with van der Waals surface area (Å²) < 4.78 is 5.73. The molecule has 1 aliphatic rings. The van der Waals surface area contributed by atoms with Crippen LogP contribution in [-0.2, 0) is 9.59 Å². The number of likely N-dealkylation sites (tertiary alicyclic amines) is 1. The number of hydrogen-bond acceptors (Lipinski definition) is 3. The van der Waals surface area contributed by atoms with E-state index in [2.05, 4.69) is 13.8 Å². The van der Waals surface area contributed by atoms with Crippen molar-refractivity contribution in [3.05, 3.63) is 29.8 Å². The van der Waals surface area contributed by atoms with Crippen molar-refractivity contribution in [3.63, 3.8) is 0 Å². The summed E-state index contributed by atoms with van der Waals surface area (Å²) in [6, 6.07) is 7.12. The number of benzene rings is 1. The van der Waals surface area contributed by atoms with Gasteiger partial charge < -0.3 is 14.7 Å². The average Bonchev–Trinajstić information content (AvgIpc) is 2.97. The number of carboxylic acids is 1. The number of carbonyl (C=O) groups excluding carboxylic acids is 1. The third-order valence-electron chi connectivity index (χ3n) is 3.97. The van der Waals surface area contributed by atoms with Gasteiger partial charge in [0.1, 0.15) is 11.8 Å². The van der Waals surface area contributed by atoms with Crippen LogP contribution in [0.25, 0.3) is 0 Å². The summed E-state index contributed by atoms with van der Waals surface area (Å²) in [5.74, 6) is 0.0761. The molecule has 0 bridgehead atoms. The van der Waals surface area contributed by atoms with Crippen LogP contribution in [-0.4, -0.2) is 41.1 Å². The number of nitrogens with zero attached hydrogens (tertiary/aromatic N) is 1. The van der Waals surface area contributed by atoms with E-state index >= 15 is 0 Å². The predicted molar refractivity (Wildman–Crippen MR) is 83.0 cm³/mol. The Labute approximate surface area is 130 Å². The van der Waals surface area contributed by atoms with Crippen molar-refractivity contribution in [3.8, 4) is 5.75 Å². The zero-order valence-corrected chi connectivity index (χ0v) is 13.1. The standard InChI is InChI=1S/C17H23NO4/c1-12(2)13-6-3-4-8-15(13)22-11-9-16(19)18-10-5-7-14(18)17(20)21/h3-4,6,8,12,14H,5,7,9-11H2,1-2H3,(H,20,21). The lowest BCUT2D eigenvalue weighted by molar-refractivity contribution is -0.148. The Kier molecular flexibility index (Phi) is 5.41. The largest absolute Gasteiger partial charge is 0.493 e. The van der Waals surface area contributed by atoms with Crippen molar-refractivity contribution < 1.29 is 19.4 Å². The van der Waals surface area contributed by atoms with Gasteiger partial charge in [-0.2, -0.15) is 0 Å². The van der Waals surface area contributed by atoms with Crippen molar-refractivity contribution in [2.24, 2.45) is 0 Å². The average molecular weight is 305 g/mol. The van der Waals surface area contributed by atoms with E-state index in [9.17, 15) is 9.59 Å². The van der Waals surface area contributed by atoms with Crippen LogP contribution >= 0.6 is 0 Å². The third kappa shape index (κ3) is 3.78. The highest BCUT2D eigenvalue weighted by Gasteiger charge is 2.33. The molecule has 1 aromatic carbocycles. The minimum atomic E-state index is -0.920. The molecule has 0 aliphatic carbocycles. The number of para-hydroxylation sites is 1. The normalized spacial score (nSPS) is 17.8. The van der Waals surface area contributed by atoms with Gasteiger partial charge in [-0.3, -0.25) is 4.79 Å². The molecule has 120 valence electrons. The Balaban J connectivity index is 1.89. The first kappa shape index (κ1) is 16.3. The van der Waals surface area contributed by atoms with Crippen molar-refractivity contribution in [2.75, 3.05) is 13.2 Å². The molecule has 0 radical (unpaired) electrons. The van der Waals surface area contributed by atoms with E-state index in [1.165, 1.54) is 4.90 Å². The van der Waals surface area contributed by atoms with Gasteiger partial charge in [-0.15, -0.1) is 0 Å². The van der Waals surface area contributed by atoms with Gasteiger partial charge in [0.15, 0.2) is 0 Å². The molecule has 5 nitrogen and oxygen atoms in total. The van der Waals surface area contributed by atoms with Crippen molar-refractivity contribution in [1.82, 2.24) is 4.90 Å². The zero-order valence-electron chi connectivity index (χ0n) is 13.1. The van der Waals surface area contributed by atoms with Gasteiger partial charge in [-0.1, -0.05) is 32.0 Å². The Morgan fingerprint density at radius 1 is 1.36 bits per heavy atom. The van der Waals surface area contributed by atoms with Crippen LogP contribution in [0.5, 0.6) is 5.75 Å². The molecule has 0 spiro atoms. The quantitative estimate of drug-likeness (QED) is 0.877. The second-order valence-corrected chi connectivity index (χ2v) is 5.87. The smallest absolute Gasteiger partial charge is 0.326 e. The van der Waals surface area contributed by atoms with Crippen molar-refractivity contribution in [2.45, 2.75) is 45.1 Å². The lowest BCUT2D eigenvalue weighted by Gasteiger charge is -2.21.